The number of nitrogens with zero attached hydrogens (tertiary/aromatic N) is 1. The zero-order chi connectivity index (χ0) is 29.9. The molecule has 4 aromatic rings. The normalized spacial score (nSPS) is 16.4. The van der Waals surface area contributed by atoms with Crippen LogP contribution < -0.4 is 16.0 Å². The van der Waals surface area contributed by atoms with Gasteiger partial charge in [0.2, 0.25) is 11.8 Å². The molecule has 2 heterocycles. The Kier molecular flexibility index (Phi) is 7.81. The highest BCUT2D eigenvalue weighted by molar-refractivity contribution is 6.23. The molecule has 2 aliphatic heterocycles. The van der Waals surface area contributed by atoms with Gasteiger partial charge in [-0.3, -0.25) is 34.2 Å². The summed E-state index contributed by atoms with van der Waals surface area (Å²) in [5.41, 5.74) is 4.10. The molecule has 3 N–H and O–H groups in total. The van der Waals surface area contributed by atoms with Crippen molar-refractivity contribution < 1.29 is 24.0 Å². The minimum absolute atomic E-state index is 0.0799. The maximum absolute atomic E-state index is 13.0. The molecule has 0 aliphatic carbocycles. The van der Waals surface area contributed by atoms with Crippen LogP contribution in [0.4, 0.5) is 0 Å². The fourth-order valence-corrected chi connectivity index (χ4v) is 5.68. The number of benzene rings is 4. The Morgan fingerprint density at radius 1 is 0.814 bits per heavy atom. The Balaban J connectivity index is 0.999. The van der Waals surface area contributed by atoms with E-state index < -0.39 is 29.7 Å². The zero-order valence-corrected chi connectivity index (χ0v) is 23.4. The number of nitrogens with one attached hydrogen (secondary N) is 3. The summed E-state index contributed by atoms with van der Waals surface area (Å²) in [6, 6.07) is 25.9. The highest BCUT2D eigenvalue weighted by Crippen LogP contribution is 2.28. The van der Waals surface area contributed by atoms with E-state index in [9.17, 15) is 24.0 Å². The summed E-state index contributed by atoms with van der Waals surface area (Å²) in [6.07, 6.45) is 0.944. The van der Waals surface area contributed by atoms with Crippen LogP contribution in [0.1, 0.15) is 60.6 Å². The second-order valence-corrected chi connectivity index (χ2v) is 10.8. The van der Waals surface area contributed by atoms with Gasteiger partial charge in [-0.25, -0.2) is 0 Å². The average molecular weight is 575 g/mol. The molecule has 1 atom stereocenters. The van der Waals surface area contributed by atoms with Crippen LogP contribution in [-0.4, -0.2) is 47.0 Å². The van der Waals surface area contributed by atoms with Gasteiger partial charge >= 0.3 is 0 Å². The van der Waals surface area contributed by atoms with Crippen LogP contribution in [0.3, 0.4) is 0 Å². The van der Waals surface area contributed by atoms with Gasteiger partial charge in [0.05, 0.1) is 11.1 Å². The zero-order valence-electron chi connectivity index (χ0n) is 23.4. The Morgan fingerprint density at radius 3 is 2.35 bits per heavy atom. The third kappa shape index (κ3) is 5.80. The van der Waals surface area contributed by atoms with E-state index in [-0.39, 0.29) is 29.9 Å². The third-order valence-corrected chi connectivity index (χ3v) is 7.94. The molecular formula is C34H30N4O5. The van der Waals surface area contributed by atoms with Crippen molar-refractivity contribution in [1.82, 2.24) is 20.9 Å². The van der Waals surface area contributed by atoms with Gasteiger partial charge in [0.1, 0.15) is 6.04 Å². The van der Waals surface area contributed by atoms with Gasteiger partial charge in [-0.05, 0) is 64.6 Å². The lowest BCUT2D eigenvalue weighted by atomic mass is 10.0. The fraction of sp³-hybridized carbons (Fsp3) is 0.206. The number of carbonyl (C=O) groups excluding carboxylic acids is 5. The first-order valence-corrected chi connectivity index (χ1v) is 14.3. The monoisotopic (exact) mass is 574 g/mol. The van der Waals surface area contributed by atoms with E-state index in [0.717, 1.165) is 22.4 Å². The fourth-order valence-electron chi connectivity index (χ4n) is 5.68. The van der Waals surface area contributed by atoms with Crippen LogP contribution in [0.5, 0.6) is 0 Å². The third-order valence-electron chi connectivity index (χ3n) is 7.94. The predicted octanol–water partition coefficient (Wildman–Crippen LogP) is 3.50. The number of hydrogen-bond donors (Lipinski definition) is 3. The van der Waals surface area contributed by atoms with Crippen molar-refractivity contribution in [3.63, 3.8) is 0 Å². The number of hydrogen-bond acceptors (Lipinski definition) is 6. The van der Waals surface area contributed by atoms with Crippen molar-refractivity contribution in [2.24, 2.45) is 0 Å². The Bertz CT molecular complexity index is 1760. The molecular weight excluding hydrogens is 544 g/mol. The number of amides is 5. The SMILES string of the molecule is O=C1CCC(N2C(=O)c3ccc(CNCc4ccc(C(=O)NCCc5cccc6ccccc56)cc4)cc3C2=O)C(=O)N1. The van der Waals surface area contributed by atoms with Gasteiger partial charge in [0, 0.05) is 31.6 Å². The van der Waals surface area contributed by atoms with E-state index in [1.807, 2.05) is 30.3 Å². The van der Waals surface area contributed by atoms with E-state index >= 15 is 0 Å². The number of piperidine rings is 1. The Hall–Kier alpha value is -5.15. The average Bonchev–Trinajstić information content (AvgIpc) is 3.26. The number of carbonyl (C=O) groups is 5. The summed E-state index contributed by atoms with van der Waals surface area (Å²) in [4.78, 5) is 63.3. The summed E-state index contributed by atoms with van der Waals surface area (Å²) in [6.45, 7) is 1.52. The maximum Gasteiger partial charge on any atom is 0.262 e. The Labute approximate surface area is 248 Å². The molecule has 0 saturated carbocycles. The molecule has 0 aromatic heterocycles. The first-order chi connectivity index (χ1) is 20.9. The van der Waals surface area contributed by atoms with Crippen molar-refractivity contribution in [3.05, 3.63) is 118 Å². The Morgan fingerprint density at radius 2 is 1.53 bits per heavy atom. The molecule has 5 amide bonds. The molecule has 2 aliphatic rings. The van der Waals surface area contributed by atoms with Gasteiger partial charge in [-0.15, -0.1) is 0 Å². The van der Waals surface area contributed by atoms with Crippen LogP contribution in [-0.2, 0) is 29.1 Å². The summed E-state index contributed by atoms with van der Waals surface area (Å²) in [5, 5.41) is 10.9. The van der Waals surface area contributed by atoms with Crippen LogP contribution in [0.25, 0.3) is 10.8 Å². The maximum atomic E-state index is 13.0. The van der Waals surface area contributed by atoms with E-state index in [2.05, 4.69) is 40.2 Å². The quantitative estimate of drug-likeness (QED) is 0.263. The molecule has 216 valence electrons. The van der Waals surface area contributed by atoms with Gasteiger partial charge in [0.15, 0.2) is 0 Å². The molecule has 0 radical (unpaired) electrons. The topological polar surface area (TPSA) is 125 Å². The second-order valence-electron chi connectivity index (χ2n) is 10.8. The molecule has 1 saturated heterocycles. The molecule has 6 rings (SSSR count). The van der Waals surface area contributed by atoms with Crippen molar-refractivity contribution in [3.8, 4) is 0 Å². The number of imide groups is 2. The lowest BCUT2D eigenvalue weighted by Gasteiger charge is -2.27. The van der Waals surface area contributed by atoms with E-state index in [1.54, 1.807) is 30.3 Å². The van der Waals surface area contributed by atoms with Crippen molar-refractivity contribution in [2.75, 3.05) is 6.54 Å². The van der Waals surface area contributed by atoms with Gasteiger partial charge in [-0.1, -0.05) is 60.7 Å². The molecule has 0 bridgehead atoms. The summed E-state index contributed by atoms with van der Waals surface area (Å²) < 4.78 is 0. The van der Waals surface area contributed by atoms with Gasteiger partial charge in [-0.2, -0.15) is 0 Å². The van der Waals surface area contributed by atoms with E-state index in [1.165, 1.54) is 16.3 Å². The molecule has 0 spiro atoms. The molecule has 43 heavy (non-hydrogen) atoms. The molecule has 9 nitrogen and oxygen atoms in total. The first-order valence-electron chi connectivity index (χ1n) is 14.3. The minimum Gasteiger partial charge on any atom is -0.352 e. The highest BCUT2D eigenvalue weighted by Gasteiger charge is 2.44. The van der Waals surface area contributed by atoms with Gasteiger partial charge < -0.3 is 10.6 Å². The lowest BCUT2D eigenvalue weighted by molar-refractivity contribution is -0.136. The molecule has 1 unspecified atom stereocenters. The van der Waals surface area contributed by atoms with E-state index in [4.69, 9.17) is 0 Å². The smallest absolute Gasteiger partial charge is 0.262 e. The van der Waals surface area contributed by atoms with Crippen LogP contribution in [0.2, 0.25) is 0 Å². The van der Waals surface area contributed by atoms with Crippen molar-refractivity contribution >= 4 is 40.3 Å². The van der Waals surface area contributed by atoms with Crippen LogP contribution in [0, 0.1) is 0 Å². The highest BCUT2D eigenvalue weighted by atomic mass is 16.2. The lowest BCUT2D eigenvalue weighted by Crippen LogP contribution is -2.54. The predicted molar refractivity (Wildman–Crippen MR) is 160 cm³/mol. The van der Waals surface area contributed by atoms with Crippen molar-refractivity contribution in [1.29, 1.82) is 0 Å². The minimum atomic E-state index is -0.985. The number of fused-ring (bicyclic) bond motifs is 2. The molecule has 1 fully saturated rings. The standard InChI is InChI=1S/C34H30N4O5/c39-30-15-14-29(32(41)37-30)38-33(42)27-13-10-22(18-28(27)34(38)43)20-35-19-21-8-11-25(12-9-21)31(40)36-17-16-24-6-3-5-23-4-1-2-7-26(23)24/h1-13,18,29,35H,14-17,19-20H2,(H,36,40)(H,37,39,41). The largest absolute Gasteiger partial charge is 0.352 e. The van der Waals surface area contributed by atoms with Gasteiger partial charge in [0.25, 0.3) is 17.7 Å². The summed E-state index contributed by atoms with van der Waals surface area (Å²) in [5.74, 6) is -2.20. The molecule has 4 aromatic carbocycles. The van der Waals surface area contributed by atoms with Crippen molar-refractivity contribution in [2.45, 2.75) is 38.4 Å². The first kappa shape index (κ1) is 28.0. The molecule has 9 heteroatoms. The summed E-state index contributed by atoms with van der Waals surface area (Å²) >= 11 is 0. The van der Waals surface area contributed by atoms with E-state index in [0.29, 0.717) is 25.2 Å². The number of rotatable bonds is 9. The van der Waals surface area contributed by atoms with Crippen LogP contribution >= 0.6 is 0 Å². The second kappa shape index (κ2) is 12.0. The summed E-state index contributed by atoms with van der Waals surface area (Å²) in [7, 11) is 0. The van der Waals surface area contributed by atoms with Crippen LogP contribution in [0.15, 0.2) is 84.9 Å².